The molecular weight excluding hydrogens is 466 g/mol. The Morgan fingerprint density at radius 2 is 1.87 bits per heavy atom. The summed E-state index contributed by atoms with van der Waals surface area (Å²) in [6.07, 6.45) is -1.05. The fraction of sp³-hybridized carbons (Fsp3) is 0.0909. The Bertz CT molecular complexity index is 1160. The van der Waals surface area contributed by atoms with Crippen LogP contribution < -0.4 is 14.8 Å². The van der Waals surface area contributed by atoms with E-state index < -0.39 is 16.9 Å². The molecule has 0 aliphatic heterocycles. The van der Waals surface area contributed by atoms with Crippen LogP contribution in [0.2, 0.25) is 0 Å². The standard InChI is InChI=1S/C22H16BrN3O5/c1-30-20-11-14(13-24)7-10-19(20)31-21(15-5-3-2-4-6-15)22(27)25-18-9-8-16(26(28)29)12-17(18)23/h2-12,21H,1H3,(H,25,27)/t21-/m1/s1. The number of nitriles is 1. The molecule has 0 bridgehead atoms. The number of rotatable bonds is 7. The molecule has 0 aliphatic rings. The van der Waals surface area contributed by atoms with Crippen molar-refractivity contribution < 1.29 is 19.2 Å². The maximum Gasteiger partial charge on any atom is 0.270 e. The fourth-order valence-electron chi connectivity index (χ4n) is 2.78. The number of nitro groups is 1. The maximum atomic E-state index is 13.1. The van der Waals surface area contributed by atoms with Crippen LogP contribution >= 0.6 is 15.9 Å². The predicted molar refractivity (Wildman–Crippen MR) is 117 cm³/mol. The van der Waals surface area contributed by atoms with Crippen molar-refractivity contribution in [1.82, 2.24) is 0 Å². The van der Waals surface area contributed by atoms with Crippen molar-refractivity contribution in [3.05, 3.63) is 92.4 Å². The smallest absolute Gasteiger partial charge is 0.270 e. The van der Waals surface area contributed by atoms with Crippen LogP contribution in [-0.4, -0.2) is 17.9 Å². The first-order valence-electron chi connectivity index (χ1n) is 8.97. The quantitative estimate of drug-likeness (QED) is 0.375. The first kappa shape index (κ1) is 21.8. The number of hydrogen-bond acceptors (Lipinski definition) is 6. The minimum absolute atomic E-state index is 0.108. The van der Waals surface area contributed by atoms with Gasteiger partial charge in [0.05, 0.1) is 29.4 Å². The molecule has 0 heterocycles. The molecule has 3 rings (SSSR count). The summed E-state index contributed by atoms with van der Waals surface area (Å²) in [7, 11) is 1.44. The van der Waals surface area contributed by atoms with Crippen molar-refractivity contribution in [3.8, 4) is 17.6 Å². The van der Waals surface area contributed by atoms with Gasteiger partial charge in [0, 0.05) is 28.2 Å². The second-order valence-electron chi connectivity index (χ2n) is 6.30. The molecule has 0 unspecified atom stereocenters. The molecule has 1 N–H and O–H groups in total. The number of nitrogens with zero attached hydrogens (tertiary/aromatic N) is 2. The highest BCUT2D eigenvalue weighted by Crippen LogP contribution is 2.33. The molecule has 1 amide bonds. The molecule has 0 radical (unpaired) electrons. The zero-order valence-corrected chi connectivity index (χ0v) is 17.8. The summed E-state index contributed by atoms with van der Waals surface area (Å²) in [5.74, 6) is 0.102. The summed E-state index contributed by atoms with van der Waals surface area (Å²) in [4.78, 5) is 23.5. The number of hydrogen-bond donors (Lipinski definition) is 1. The van der Waals surface area contributed by atoms with Gasteiger partial charge in [-0.15, -0.1) is 0 Å². The number of halogens is 1. The number of nitro benzene ring substituents is 1. The second kappa shape index (κ2) is 9.73. The Labute approximate surface area is 186 Å². The van der Waals surface area contributed by atoms with Gasteiger partial charge in [-0.25, -0.2) is 0 Å². The van der Waals surface area contributed by atoms with Crippen LogP contribution in [0.1, 0.15) is 17.2 Å². The number of nitrogens with one attached hydrogen (secondary N) is 1. The number of non-ortho nitro benzene ring substituents is 1. The third-order valence-electron chi connectivity index (χ3n) is 4.30. The van der Waals surface area contributed by atoms with Crippen LogP contribution in [-0.2, 0) is 4.79 Å². The number of anilines is 1. The summed E-state index contributed by atoms with van der Waals surface area (Å²) in [5.41, 5.74) is 1.22. The fourth-order valence-corrected chi connectivity index (χ4v) is 3.25. The molecule has 0 aromatic heterocycles. The van der Waals surface area contributed by atoms with Gasteiger partial charge in [0.2, 0.25) is 6.10 Å². The van der Waals surface area contributed by atoms with Crippen LogP contribution in [0, 0.1) is 21.4 Å². The molecule has 0 saturated carbocycles. The first-order chi connectivity index (χ1) is 14.9. The average molecular weight is 482 g/mol. The molecule has 0 spiro atoms. The van der Waals surface area contributed by atoms with Crippen molar-refractivity contribution in [2.24, 2.45) is 0 Å². The SMILES string of the molecule is COc1cc(C#N)ccc1O[C@@H](C(=O)Nc1ccc([N+](=O)[O-])cc1Br)c1ccccc1. The molecule has 3 aromatic carbocycles. The number of ether oxygens (including phenoxy) is 2. The molecular formula is C22H16BrN3O5. The van der Waals surface area contributed by atoms with E-state index in [4.69, 9.17) is 14.7 Å². The molecule has 31 heavy (non-hydrogen) atoms. The normalized spacial score (nSPS) is 11.1. The highest BCUT2D eigenvalue weighted by Gasteiger charge is 2.25. The van der Waals surface area contributed by atoms with Crippen molar-refractivity contribution in [2.45, 2.75) is 6.10 Å². The van der Waals surface area contributed by atoms with Gasteiger partial charge in [-0.05, 0) is 34.1 Å². The van der Waals surface area contributed by atoms with E-state index in [1.807, 2.05) is 12.1 Å². The van der Waals surface area contributed by atoms with E-state index in [9.17, 15) is 14.9 Å². The predicted octanol–water partition coefficient (Wildman–Crippen LogP) is 5.00. The molecule has 0 saturated heterocycles. The van der Waals surface area contributed by atoms with Gasteiger partial charge in [-0.3, -0.25) is 14.9 Å². The lowest BCUT2D eigenvalue weighted by Gasteiger charge is -2.21. The van der Waals surface area contributed by atoms with E-state index in [2.05, 4.69) is 21.2 Å². The second-order valence-corrected chi connectivity index (χ2v) is 7.15. The van der Waals surface area contributed by atoms with Crippen molar-refractivity contribution >= 4 is 33.2 Å². The summed E-state index contributed by atoms with van der Waals surface area (Å²) >= 11 is 3.24. The Hall–Kier alpha value is -3.90. The molecule has 0 aliphatic carbocycles. The summed E-state index contributed by atoms with van der Waals surface area (Å²) < 4.78 is 11.6. The lowest BCUT2D eigenvalue weighted by atomic mass is 10.1. The van der Waals surface area contributed by atoms with Crippen LogP contribution in [0.15, 0.2) is 71.2 Å². The molecule has 0 fully saturated rings. The summed E-state index contributed by atoms with van der Waals surface area (Å²) in [6, 6.07) is 19.5. The topological polar surface area (TPSA) is 114 Å². The monoisotopic (exact) mass is 481 g/mol. The van der Waals surface area contributed by atoms with Gasteiger partial charge in [0.25, 0.3) is 11.6 Å². The molecule has 1 atom stereocenters. The van der Waals surface area contributed by atoms with Crippen molar-refractivity contribution in [1.29, 1.82) is 5.26 Å². The molecule has 3 aromatic rings. The van der Waals surface area contributed by atoms with Crippen LogP contribution in [0.4, 0.5) is 11.4 Å². The zero-order chi connectivity index (χ0) is 22.4. The van der Waals surface area contributed by atoms with Crippen LogP contribution in [0.25, 0.3) is 0 Å². The van der Waals surface area contributed by atoms with E-state index in [-0.39, 0.29) is 11.4 Å². The highest BCUT2D eigenvalue weighted by atomic mass is 79.9. The van der Waals surface area contributed by atoms with Crippen molar-refractivity contribution in [2.75, 3.05) is 12.4 Å². The van der Waals surface area contributed by atoms with E-state index >= 15 is 0 Å². The van der Waals surface area contributed by atoms with E-state index in [1.54, 1.807) is 36.4 Å². The lowest BCUT2D eigenvalue weighted by molar-refractivity contribution is -0.384. The third kappa shape index (κ3) is 5.18. The first-order valence-corrected chi connectivity index (χ1v) is 9.76. The number of amides is 1. The number of methoxy groups -OCH3 is 1. The Balaban J connectivity index is 1.93. The van der Waals surface area contributed by atoms with Gasteiger partial charge in [0.1, 0.15) is 0 Å². The summed E-state index contributed by atoms with van der Waals surface area (Å²) in [5, 5.41) is 22.7. The Kier molecular flexibility index (Phi) is 6.85. The van der Waals surface area contributed by atoms with Crippen LogP contribution in [0.3, 0.4) is 0 Å². The van der Waals surface area contributed by atoms with Gasteiger partial charge in [0.15, 0.2) is 11.5 Å². The van der Waals surface area contributed by atoms with Gasteiger partial charge >= 0.3 is 0 Å². The molecule has 156 valence electrons. The summed E-state index contributed by atoms with van der Waals surface area (Å²) in [6.45, 7) is 0. The number of benzene rings is 3. The van der Waals surface area contributed by atoms with Gasteiger partial charge in [-0.2, -0.15) is 5.26 Å². The Morgan fingerprint density at radius 3 is 2.48 bits per heavy atom. The number of carbonyl (C=O) groups is 1. The lowest BCUT2D eigenvalue weighted by Crippen LogP contribution is -2.26. The van der Waals surface area contributed by atoms with E-state index in [0.29, 0.717) is 27.0 Å². The molecule has 9 heteroatoms. The Morgan fingerprint density at radius 1 is 1.13 bits per heavy atom. The van der Waals surface area contributed by atoms with Crippen LogP contribution in [0.5, 0.6) is 11.5 Å². The minimum Gasteiger partial charge on any atom is -0.493 e. The number of carbonyl (C=O) groups excluding carboxylic acids is 1. The van der Waals surface area contributed by atoms with E-state index in [1.165, 1.54) is 31.4 Å². The largest absolute Gasteiger partial charge is 0.493 e. The van der Waals surface area contributed by atoms with Crippen molar-refractivity contribution in [3.63, 3.8) is 0 Å². The average Bonchev–Trinajstić information content (AvgIpc) is 2.79. The van der Waals surface area contributed by atoms with Gasteiger partial charge in [-0.1, -0.05) is 30.3 Å². The zero-order valence-electron chi connectivity index (χ0n) is 16.2. The minimum atomic E-state index is -1.05. The van der Waals surface area contributed by atoms with E-state index in [0.717, 1.165) is 0 Å². The third-order valence-corrected chi connectivity index (χ3v) is 4.96. The molecule has 8 nitrogen and oxygen atoms in total. The maximum absolute atomic E-state index is 13.1. The van der Waals surface area contributed by atoms with Gasteiger partial charge < -0.3 is 14.8 Å². The highest BCUT2D eigenvalue weighted by molar-refractivity contribution is 9.10.